The molecule has 0 aliphatic rings. The summed E-state index contributed by atoms with van der Waals surface area (Å²) in [5, 5.41) is 11.2. The third kappa shape index (κ3) is 4.84. The zero-order valence-electron chi connectivity index (χ0n) is 13.5. The van der Waals surface area contributed by atoms with Crippen molar-refractivity contribution in [1.29, 1.82) is 0 Å². The summed E-state index contributed by atoms with van der Waals surface area (Å²) in [6, 6.07) is 6.16. The first kappa shape index (κ1) is 17.5. The highest BCUT2D eigenvalue weighted by Gasteiger charge is 2.08. The predicted molar refractivity (Wildman–Crippen MR) is 98.5 cm³/mol. The molecule has 1 N–H and O–H groups in total. The molecule has 0 aliphatic heterocycles. The van der Waals surface area contributed by atoms with Crippen molar-refractivity contribution < 1.29 is 9.18 Å². The van der Waals surface area contributed by atoms with Crippen molar-refractivity contribution in [3.05, 3.63) is 57.4 Å². The van der Waals surface area contributed by atoms with Crippen LogP contribution in [0.3, 0.4) is 0 Å². The molecule has 3 rings (SSSR count). The van der Waals surface area contributed by atoms with Gasteiger partial charge in [-0.15, -0.1) is 5.10 Å². The number of carbonyl (C=O) groups excluding carboxylic acids is 1. The summed E-state index contributed by atoms with van der Waals surface area (Å²) in [6.07, 6.45) is 3.71. The van der Waals surface area contributed by atoms with E-state index in [4.69, 9.17) is 0 Å². The van der Waals surface area contributed by atoms with Crippen molar-refractivity contribution in [3.8, 4) is 0 Å². The normalized spacial score (nSPS) is 10.8. The lowest BCUT2D eigenvalue weighted by atomic mass is 10.2. The highest BCUT2D eigenvalue weighted by Crippen LogP contribution is 2.09. The van der Waals surface area contributed by atoms with Gasteiger partial charge >= 0.3 is 0 Å². The molecule has 1 aromatic carbocycles. The fraction of sp³-hybridized carbons (Fsp3) is 0.250. The number of aryl methyl sites for hydroxylation is 2. The van der Waals surface area contributed by atoms with Gasteiger partial charge in [-0.1, -0.05) is 12.1 Å². The van der Waals surface area contributed by atoms with Gasteiger partial charge in [-0.25, -0.2) is 14.1 Å². The van der Waals surface area contributed by atoms with Crippen LogP contribution in [0, 0.1) is 16.3 Å². The lowest BCUT2D eigenvalue weighted by Crippen LogP contribution is -2.16. The van der Waals surface area contributed by atoms with Crippen LogP contribution in [0.1, 0.15) is 17.7 Å². The van der Waals surface area contributed by atoms with Gasteiger partial charge in [0.2, 0.25) is 11.9 Å². The third-order valence-electron chi connectivity index (χ3n) is 3.50. The van der Waals surface area contributed by atoms with Crippen molar-refractivity contribution in [2.75, 3.05) is 5.32 Å². The van der Waals surface area contributed by atoms with Gasteiger partial charge in [0, 0.05) is 19.2 Å². The highest BCUT2D eigenvalue weighted by molar-refractivity contribution is 14.1. The van der Waals surface area contributed by atoms with Crippen LogP contribution in [-0.2, 0) is 17.9 Å². The minimum atomic E-state index is -0.280. The Bertz CT molecular complexity index is 854. The van der Waals surface area contributed by atoms with E-state index < -0.39 is 0 Å². The summed E-state index contributed by atoms with van der Waals surface area (Å²) in [5.74, 6) is -0.210. The maximum atomic E-state index is 12.9. The van der Waals surface area contributed by atoms with E-state index in [9.17, 15) is 9.18 Å². The number of nitrogens with zero attached hydrogens (tertiary/aromatic N) is 5. The first-order valence-corrected chi connectivity index (χ1v) is 8.71. The van der Waals surface area contributed by atoms with Crippen LogP contribution < -0.4 is 5.32 Å². The van der Waals surface area contributed by atoms with Crippen LogP contribution in [0.2, 0.25) is 0 Å². The van der Waals surface area contributed by atoms with Crippen LogP contribution in [0.15, 0.2) is 36.8 Å². The Balaban J connectivity index is 1.51. The number of aromatic nitrogens is 5. The minimum Gasteiger partial charge on any atom is -0.293 e. The van der Waals surface area contributed by atoms with Crippen molar-refractivity contribution in [3.63, 3.8) is 0 Å². The van der Waals surface area contributed by atoms with E-state index in [0.717, 1.165) is 14.8 Å². The summed E-state index contributed by atoms with van der Waals surface area (Å²) < 4.78 is 17.3. The first-order chi connectivity index (χ1) is 12.0. The minimum absolute atomic E-state index is 0.178. The van der Waals surface area contributed by atoms with Crippen molar-refractivity contribution in [1.82, 2.24) is 24.5 Å². The molecular weight excluding hydrogens is 438 g/mol. The Morgan fingerprint density at radius 2 is 2.00 bits per heavy atom. The summed E-state index contributed by atoms with van der Waals surface area (Å²) in [4.78, 5) is 16.1. The lowest BCUT2D eigenvalue weighted by Gasteiger charge is -2.02. The molecule has 0 bridgehead atoms. The van der Waals surface area contributed by atoms with Crippen LogP contribution in [0.25, 0.3) is 0 Å². The summed E-state index contributed by atoms with van der Waals surface area (Å²) >= 11 is 2.21. The maximum absolute atomic E-state index is 12.9. The zero-order valence-corrected chi connectivity index (χ0v) is 15.6. The summed E-state index contributed by atoms with van der Waals surface area (Å²) in [6.45, 7) is 2.87. The average molecular weight is 454 g/mol. The number of carbonyl (C=O) groups is 1. The maximum Gasteiger partial charge on any atom is 0.248 e. The molecule has 25 heavy (non-hydrogen) atoms. The molecule has 0 saturated heterocycles. The van der Waals surface area contributed by atoms with E-state index in [2.05, 4.69) is 43.1 Å². The molecule has 0 atom stereocenters. The second-order valence-electron chi connectivity index (χ2n) is 5.52. The Kier molecular flexibility index (Phi) is 5.41. The Hall–Kier alpha value is -2.30. The summed E-state index contributed by atoms with van der Waals surface area (Å²) in [7, 11) is 0. The van der Waals surface area contributed by atoms with E-state index in [1.165, 1.54) is 18.5 Å². The molecule has 1 amide bonds. The van der Waals surface area contributed by atoms with E-state index in [1.807, 2.05) is 13.1 Å². The van der Waals surface area contributed by atoms with E-state index in [1.54, 1.807) is 21.5 Å². The lowest BCUT2D eigenvalue weighted by molar-refractivity contribution is -0.116. The molecular formula is C16H16FIN6O. The molecule has 130 valence electrons. The fourth-order valence-corrected chi connectivity index (χ4v) is 2.65. The number of halogens is 2. The number of hydrogen-bond donors (Lipinski definition) is 1. The number of rotatable bonds is 6. The van der Waals surface area contributed by atoms with Crippen molar-refractivity contribution in [2.24, 2.45) is 0 Å². The Morgan fingerprint density at radius 3 is 2.68 bits per heavy atom. The van der Waals surface area contributed by atoms with Gasteiger partial charge in [-0.3, -0.25) is 14.8 Å². The largest absolute Gasteiger partial charge is 0.293 e. The molecule has 2 heterocycles. The van der Waals surface area contributed by atoms with Crippen molar-refractivity contribution in [2.45, 2.75) is 26.4 Å². The molecule has 0 fully saturated rings. The second-order valence-corrected chi connectivity index (χ2v) is 6.68. The summed E-state index contributed by atoms with van der Waals surface area (Å²) in [5.41, 5.74) is 1.84. The van der Waals surface area contributed by atoms with Crippen LogP contribution in [0.4, 0.5) is 10.3 Å². The molecule has 0 unspecified atom stereocenters. The van der Waals surface area contributed by atoms with Crippen LogP contribution >= 0.6 is 22.6 Å². The molecule has 0 aliphatic carbocycles. The van der Waals surface area contributed by atoms with Gasteiger partial charge in [0.1, 0.15) is 12.1 Å². The highest BCUT2D eigenvalue weighted by atomic mass is 127. The topological polar surface area (TPSA) is 77.6 Å². The number of hydrogen-bond acceptors (Lipinski definition) is 4. The standard InChI is InChI=1S/C16H16FIN6O/c1-11-14(18)9-23(21-11)7-6-15(25)20-16-19-10-24(22-16)8-12-2-4-13(17)5-3-12/h2-5,9-10H,6-8H2,1H3,(H,20,22,25). The van der Waals surface area contributed by atoms with Gasteiger partial charge < -0.3 is 0 Å². The van der Waals surface area contributed by atoms with E-state index >= 15 is 0 Å². The van der Waals surface area contributed by atoms with Crippen LogP contribution in [0.5, 0.6) is 0 Å². The number of nitrogens with one attached hydrogen (secondary N) is 1. The quantitative estimate of drug-likeness (QED) is 0.581. The Morgan fingerprint density at radius 1 is 1.24 bits per heavy atom. The number of amides is 1. The molecule has 7 nitrogen and oxygen atoms in total. The second kappa shape index (κ2) is 7.72. The predicted octanol–water partition coefficient (Wildman–Crippen LogP) is 2.60. The molecule has 2 aromatic heterocycles. The third-order valence-corrected chi connectivity index (χ3v) is 4.56. The van der Waals surface area contributed by atoms with Gasteiger partial charge in [-0.2, -0.15) is 5.10 Å². The van der Waals surface area contributed by atoms with Gasteiger partial charge in [0.05, 0.1) is 15.8 Å². The SMILES string of the molecule is Cc1nn(CCC(=O)Nc2ncn(Cc3ccc(F)cc3)n2)cc1I. The monoisotopic (exact) mass is 454 g/mol. The van der Waals surface area contributed by atoms with Gasteiger partial charge in [0.25, 0.3) is 0 Å². The first-order valence-electron chi connectivity index (χ1n) is 7.63. The Labute approximate surface area is 157 Å². The molecule has 9 heteroatoms. The van der Waals surface area contributed by atoms with Gasteiger partial charge in [0.15, 0.2) is 0 Å². The smallest absolute Gasteiger partial charge is 0.248 e. The van der Waals surface area contributed by atoms with Crippen molar-refractivity contribution >= 4 is 34.4 Å². The molecule has 0 radical (unpaired) electrons. The fourth-order valence-electron chi connectivity index (χ4n) is 2.22. The molecule has 0 spiro atoms. The average Bonchev–Trinajstić information content (AvgIpc) is 3.14. The number of benzene rings is 1. The number of anilines is 1. The van der Waals surface area contributed by atoms with E-state index in [0.29, 0.717) is 13.1 Å². The van der Waals surface area contributed by atoms with Crippen LogP contribution in [-0.4, -0.2) is 30.5 Å². The van der Waals surface area contributed by atoms with Gasteiger partial charge in [-0.05, 0) is 47.2 Å². The zero-order chi connectivity index (χ0) is 17.8. The molecule has 0 saturated carbocycles. The molecule has 3 aromatic rings. The van der Waals surface area contributed by atoms with E-state index in [-0.39, 0.29) is 24.1 Å².